The second-order valence-electron chi connectivity index (χ2n) is 7.71. The Hall–Kier alpha value is -1.89. The Morgan fingerprint density at radius 2 is 1.71 bits per heavy atom. The molecule has 146 valence electrons. The van der Waals surface area contributed by atoms with Crippen LogP contribution in [0.25, 0.3) is 0 Å². The number of amides is 2. The molecule has 0 saturated heterocycles. The van der Waals surface area contributed by atoms with Crippen molar-refractivity contribution in [1.82, 2.24) is 15.3 Å². The van der Waals surface area contributed by atoms with Crippen molar-refractivity contribution in [2.45, 2.75) is 31.7 Å². The summed E-state index contributed by atoms with van der Waals surface area (Å²) in [5.41, 5.74) is 0.667. The highest BCUT2D eigenvalue weighted by Gasteiger charge is 2.71. The number of nitrogens with zero attached hydrogens (tertiary/aromatic N) is 2. The van der Waals surface area contributed by atoms with Gasteiger partial charge in [-0.2, -0.15) is 0 Å². The molecule has 1 heterocycles. The summed E-state index contributed by atoms with van der Waals surface area (Å²) in [5.74, 6) is -0.454. The Labute approximate surface area is 177 Å². The Bertz CT molecular complexity index is 944. The van der Waals surface area contributed by atoms with E-state index in [9.17, 15) is 9.59 Å². The van der Waals surface area contributed by atoms with Gasteiger partial charge in [0.25, 0.3) is 5.91 Å². The van der Waals surface area contributed by atoms with Crippen LogP contribution in [0.4, 0.5) is 5.69 Å². The molecule has 2 bridgehead atoms. The largest absolute Gasteiger partial charge is 0.347 e. The van der Waals surface area contributed by atoms with E-state index in [4.69, 9.17) is 34.8 Å². The van der Waals surface area contributed by atoms with Crippen LogP contribution >= 0.6 is 34.8 Å². The summed E-state index contributed by atoms with van der Waals surface area (Å²) >= 11 is 17.5. The van der Waals surface area contributed by atoms with Gasteiger partial charge in [-0.05, 0) is 54.5 Å². The highest BCUT2D eigenvalue weighted by Crippen LogP contribution is 2.70. The number of carbonyl (C=O) groups is 2. The Kier molecular flexibility index (Phi) is 4.76. The molecule has 3 aliphatic carbocycles. The number of carbonyl (C=O) groups excluding carboxylic acids is 2. The molecule has 1 aromatic heterocycles. The zero-order chi connectivity index (χ0) is 20.1. The molecule has 2 amide bonds. The lowest BCUT2D eigenvalue weighted by Crippen LogP contribution is -2.77. The number of benzene rings is 1. The van der Waals surface area contributed by atoms with Gasteiger partial charge in [-0.1, -0.05) is 30.1 Å². The fraction of sp³-hybridized carbons (Fsp3) is 0.368. The second kappa shape index (κ2) is 6.87. The molecule has 1 aromatic carbocycles. The fourth-order valence-electron chi connectivity index (χ4n) is 4.31. The Morgan fingerprint density at radius 3 is 2.32 bits per heavy atom. The monoisotopic (exact) mass is 438 g/mol. The molecule has 3 aliphatic rings. The number of anilines is 1. The van der Waals surface area contributed by atoms with E-state index >= 15 is 0 Å². The third-order valence-corrected chi connectivity index (χ3v) is 6.77. The van der Waals surface area contributed by atoms with Gasteiger partial charge in [-0.25, -0.2) is 9.97 Å². The molecule has 9 heteroatoms. The molecule has 0 unspecified atom stereocenters. The van der Waals surface area contributed by atoms with Crippen molar-refractivity contribution in [3.05, 3.63) is 51.5 Å². The minimum absolute atomic E-state index is 0.0811. The Balaban J connectivity index is 1.34. The zero-order valence-electron chi connectivity index (χ0n) is 14.9. The van der Waals surface area contributed by atoms with E-state index in [1.54, 1.807) is 18.2 Å². The number of nitrogens with one attached hydrogen (secondary N) is 2. The van der Waals surface area contributed by atoms with Crippen LogP contribution in [-0.4, -0.2) is 27.3 Å². The summed E-state index contributed by atoms with van der Waals surface area (Å²) in [6, 6.07) is 4.81. The molecule has 0 aliphatic heterocycles. The van der Waals surface area contributed by atoms with E-state index in [1.165, 1.54) is 12.4 Å². The summed E-state index contributed by atoms with van der Waals surface area (Å²) in [5, 5.41) is 6.80. The minimum Gasteiger partial charge on any atom is -0.347 e. The Morgan fingerprint density at radius 1 is 1.07 bits per heavy atom. The average molecular weight is 440 g/mol. The van der Waals surface area contributed by atoms with E-state index in [2.05, 4.69) is 20.6 Å². The van der Waals surface area contributed by atoms with E-state index in [-0.39, 0.29) is 34.0 Å². The highest BCUT2D eigenvalue weighted by molar-refractivity contribution is 6.42. The fourth-order valence-corrected chi connectivity index (χ4v) is 4.71. The zero-order valence-corrected chi connectivity index (χ0v) is 17.2. The van der Waals surface area contributed by atoms with E-state index in [0.717, 1.165) is 19.3 Å². The van der Waals surface area contributed by atoms with Crippen molar-refractivity contribution in [1.29, 1.82) is 0 Å². The number of hydrogen-bond acceptors (Lipinski definition) is 4. The number of aromatic nitrogens is 2. The van der Waals surface area contributed by atoms with Crippen LogP contribution in [0, 0.1) is 11.3 Å². The smallest absolute Gasteiger partial charge is 0.251 e. The summed E-state index contributed by atoms with van der Waals surface area (Å²) < 4.78 is 0. The van der Waals surface area contributed by atoms with Gasteiger partial charge < -0.3 is 10.6 Å². The van der Waals surface area contributed by atoms with Gasteiger partial charge in [0.05, 0.1) is 28.1 Å². The lowest BCUT2D eigenvalue weighted by Gasteiger charge is -2.72. The lowest BCUT2D eigenvalue weighted by molar-refractivity contribution is -0.184. The van der Waals surface area contributed by atoms with Crippen molar-refractivity contribution >= 4 is 52.3 Å². The lowest BCUT2D eigenvalue weighted by atomic mass is 9.36. The van der Waals surface area contributed by atoms with Gasteiger partial charge in [0.15, 0.2) is 0 Å². The third kappa shape index (κ3) is 3.34. The first-order valence-corrected chi connectivity index (χ1v) is 9.91. The first-order valence-electron chi connectivity index (χ1n) is 8.78. The number of halogens is 3. The molecule has 3 fully saturated rings. The highest BCUT2D eigenvalue weighted by atomic mass is 35.5. The number of rotatable bonds is 5. The van der Waals surface area contributed by atoms with E-state index in [0.29, 0.717) is 21.3 Å². The van der Waals surface area contributed by atoms with Crippen LogP contribution in [-0.2, 0) is 4.79 Å². The van der Waals surface area contributed by atoms with Crippen molar-refractivity contribution in [2.24, 2.45) is 11.3 Å². The van der Waals surface area contributed by atoms with Gasteiger partial charge in [0.1, 0.15) is 0 Å². The first-order chi connectivity index (χ1) is 13.2. The molecular formula is C19H17Cl3N4O2. The van der Waals surface area contributed by atoms with Crippen LogP contribution in [0.1, 0.15) is 36.5 Å². The average Bonchev–Trinajstić information content (AvgIpc) is 2.60. The molecule has 5 rings (SSSR count). The van der Waals surface area contributed by atoms with Gasteiger partial charge in [0.2, 0.25) is 11.2 Å². The molecule has 2 N–H and O–H groups in total. The van der Waals surface area contributed by atoms with Crippen LogP contribution < -0.4 is 10.6 Å². The summed E-state index contributed by atoms with van der Waals surface area (Å²) in [4.78, 5) is 32.8. The van der Waals surface area contributed by atoms with Gasteiger partial charge >= 0.3 is 0 Å². The van der Waals surface area contributed by atoms with Gasteiger partial charge in [0, 0.05) is 17.0 Å². The third-order valence-electron chi connectivity index (χ3n) is 5.83. The predicted molar refractivity (Wildman–Crippen MR) is 108 cm³/mol. The van der Waals surface area contributed by atoms with E-state index < -0.39 is 0 Å². The molecule has 3 saturated carbocycles. The van der Waals surface area contributed by atoms with Gasteiger partial charge in [-0.3, -0.25) is 9.59 Å². The maximum atomic E-state index is 12.6. The topological polar surface area (TPSA) is 84.0 Å². The minimum atomic E-state index is -0.235. The summed E-state index contributed by atoms with van der Waals surface area (Å²) in [7, 11) is 0. The molecule has 1 atom stereocenters. The number of hydrogen-bond donors (Lipinski definition) is 2. The molecule has 6 nitrogen and oxygen atoms in total. The standard InChI is InChI=1S/C19H17Cl3N4O2/c1-10(15(27)25-12-5-23-17(22)24-6-12)18-7-19(8-18,9-18)26-16(28)11-2-3-13(20)14(21)4-11/h2-6,10H,7-9H2,1H3,(H,25,27)(H,26,28)/t10-,18?,19?/m0/s1. The normalized spacial score (nSPS) is 25.9. The summed E-state index contributed by atoms with van der Waals surface area (Å²) in [6.45, 7) is 1.91. The van der Waals surface area contributed by atoms with Crippen LogP contribution in [0.15, 0.2) is 30.6 Å². The van der Waals surface area contributed by atoms with Crippen molar-refractivity contribution in [3.8, 4) is 0 Å². The second-order valence-corrected chi connectivity index (χ2v) is 8.86. The van der Waals surface area contributed by atoms with Crippen molar-refractivity contribution < 1.29 is 9.59 Å². The first kappa shape index (κ1) is 19.4. The van der Waals surface area contributed by atoms with E-state index in [1.807, 2.05) is 6.92 Å². The molecule has 28 heavy (non-hydrogen) atoms. The maximum Gasteiger partial charge on any atom is 0.251 e. The van der Waals surface area contributed by atoms with Crippen LogP contribution in [0.5, 0.6) is 0 Å². The maximum absolute atomic E-state index is 12.6. The molecule has 2 aromatic rings. The quantitative estimate of drug-likeness (QED) is 0.678. The SMILES string of the molecule is C[C@@H](C(=O)Nc1cnc(Cl)nc1)C12CC(NC(=O)c3ccc(Cl)c(Cl)c3)(C1)C2. The summed E-state index contributed by atoms with van der Waals surface area (Å²) in [6.07, 6.45) is 5.28. The molecular weight excluding hydrogens is 423 g/mol. The van der Waals surface area contributed by atoms with Crippen molar-refractivity contribution in [2.75, 3.05) is 5.32 Å². The van der Waals surface area contributed by atoms with Gasteiger partial charge in [-0.15, -0.1) is 0 Å². The molecule has 0 radical (unpaired) electrons. The van der Waals surface area contributed by atoms with Crippen LogP contribution in [0.3, 0.4) is 0 Å². The van der Waals surface area contributed by atoms with Crippen molar-refractivity contribution in [3.63, 3.8) is 0 Å². The molecule has 0 spiro atoms. The van der Waals surface area contributed by atoms with Crippen LogP contribution in [0.2, 0.25) is 15.3 Å². The predicted octanol–water partition coefficient (Wildman–Crippen LogP) is 4.36.